The van der Waals surface area contributed by atoms with Crippen molar-refractivity contribution in [2.75, 3.05) is 4.72 Å². The number of anilines is 1. The van der Waals surface area contributed by atoms with Gasteiger partial charge in [0.1, 0.15) is 0 Å². The average Bonchev–Trinajstić information content (AvgIpc) is 3.34. The molecule has 0 fully saturated rings. The summed E-state index contributed by atoms with van der Waals surface area (Å²) in [6.07, 6.45) is 5.03. The molecule has 2 bridgehead atoms. The van der Waals surface area contributed by atoms with Gasteiger partial charge < -0.3 is 10.2 Å². The van der Waals surface area contributed by atoms with Crippen LogP contribution in [0.1, 0.15) is 29.4 Å². The Bertz CT molecular complexity index is 1250. The molecule has 2 unspecified atom stereocenters. The van der Waals surface area contributed by atoms with E-state index in [9.17, 15) is 18.6 Å². The van der Waals surface area contributed by atoms with Gasteiger partial charge in [-0.05, 0) is 24.6 Å². The quantitative estimate of drug-likeness (QED) is 0.576. The molecule has 0 radical (unpaired) electrons. The zero-order chi connectivity index (χ0) is 17.8. The van der Waals surface area contributed by atoms with Crippen LogP contribution in [0, 0.1) is 0 Å². The smallest absolute Gasteiger partial charge is 0.262 e. The predicted octanol–water partition coefficient (Wildman–Crippen LogP) is 3.30. The number of fused-ring (bicyclic) bond motifs is 5. The number of rotatable bonds is 1. The third-order valence-corrected chi connectivity index (χ3v) is 7.18. The first kappa shape index (κ1) is 14.3. The minimum atomic E-state index is -3.58. The number of hydrogen-bond acceptors (Lipinski definition) is 4. The molecule has 2 heterocycles. The third-order valence-electron chi connectivity index (χ3n) is 5.77. The number of sulfonamides is 1. The van der Waals surface area contributed by atoms with E-state index in [1.54, 1.807) is 30.3 Å². The molecule has 2 aliphatic carbocycles. The lowest BCUT2D eigenvalue weighted by atomic mass is 10.0. The van der Waals surface area contributed by atoms with E-state index in [1.807, 2.05) is 0 Å². The lowest BCUT2D eigenvalue weighted by molar-refractivity contribution is 0.396. The molecule has 1 aromatic heterocycles. The van der Waals surface area contributed by atoms with Gasteiger partial charge >= 0.3 is 0 Å². The second-order valence-electron chi connectivity index (χ2n) is 7.06. The molecule has 3 aliphatic rings. The van der Waals surface area contributed by atoms with Crippen LogP contribution in [0.4, 0.5) is 5.69 Å². The van der Waals surface area contributed by atoms with Crippen molar-refractivity contribution in [3.05, 3.63) is 53.6 Å². The summed E-state index contributed by atoms with van der Waals surface area (Å²) in [5.74, 6) is 0.315. The molecule has 6 rings (SSSR count). The molecule has 1 aliphatic heterocycles. The standard InChI is InChI=1S/C19H14N2O4S/c22-18-15-9-4-5-10(8-9)16(15)19(23)21(18)13-7-6-12-17-11(13)2-1-3-14(17)26(24,25)20-12/h1-7,9-10,20,22-23H,8H2. The van der Waals surface area contributed by atoms with E-state index >= 15 is 0 Å². The maximum Gasteiger partial charge on any atom is 0.262 e. The molecule has 6 nitrogen and oxygen atoms in total. The molecule has 0 saturated carbocycles. The summed E-state index contributed by atoms with van der Waals surface area (Å²) >= 11 is 0. The Hall–Kier alpha value is -2.93. The number of aromatic nitrogens is 1. The van der Waals surface area contributed by atoms with Crippen LogP contribution >= 0.6 is 0 Å². The Morgan fingerprint density at radius 1 is 1.00 bits per heavy atom. The van der Waals surface area contributed by atoms with Crippen LogP contribution in [0.15, 0.2) is 47.4 Å². The second kappa shape index (κ2) is 4.24. The Kier molecular flexibility index (Phi) is 2.33. The highest BCUT2D eigenvalue weighted by Crippen LogP contribution is 2.57. The van der Waals surface area contributed by atoms with Crippen LogP contribution in [0.3, 0.4) is 0 Å². The Morgan fingerprint density at radius 3 is 2.38 bits per heavy atom. The highest BCUT2D eigenvalue weighted by Gasteiger charge is 2.41. The molecule has 0 amide bonds. The van der Waals surface area contributed by atoms with Gasteiger partial charge in [0.15, 0.2) is 0 Å². The van der Waals surface area contributed by atoms with E-state index in [-0.39, 0.29) is 28.5 Å². The van der Waals surface area contributed by atoms with Gasteiger partial charge in [0.25, 0.3) is 10.0 Å². The number of benzene rings is 2. The highest BCUT2D eigenvalue weighted by molar-refractivity contribution is 7.93. The molecular weight excluding hydrogens is 352 g/mol. The first-order valence-electron chi connectivity index (χ1n) is 8.41. The van der Waals surface area contributed by atoms with E-state index in [0.29, 0.717) is 22.1 Å². The van der Waals surface area contributed by atoms with Gasteiger partial charge in [-0.1, -0.05) is 24.3 Å². The van der Waals surface area contributed by atoms with Crippen molar-refractivity contribution in [3.8, 4) is 17.4 Å². The number of hydrogen-bond donors (Lipinski definition) is 3. The van der Waals surface area contributed by atoms with E-state index in [1.165, 1.54) is 4.57 Å². The van der Waals surface area contributed by atoms with Gasteiger partial charge in [-0.25, -0.2) is 8.42 Å². The zero-order valence-corrected chi connectivity index (χ0v) is 14.3. The molecule has 2 aromatic carbocycles. The van der Waals surface area contributed by atoms with Gasteiger partial charge in [0.2, 0.25) is 11.8 Å². The fourth-order valence-electron chi connectivity index (χ4n) is 4.73. The van der Waals surface area contributed by atoms with Crippen molar-refractivity contribution < 1.29 is 18.6 Å². The van der Waals surface area contributed by atoms with Crippen molar-refractivity contribution >= 4 is 26.5 Å². The molecule has 7 heteroatoms. The summed E-state index contributed by atoms with van der Waals surface area (Å²) in [6.45, 7) is 0. The van der Waals surface area contributed by atoms with E-state index in [0.717, 1.165) is 17.5 Å². The largest absolute Gasteiger partial charge is 0.494 e. The van der Waals surface area contributed by atoms with Crippen molar-refractivity contribution in [3.63, 3.8) is 0 Å². The predicted molar refractivity (Wildman–Crippen MR) is 96.7 cm³/mol. The monoisotopic (exact) mass is 366 g/mol. The summed E-state index contributed by atoms with van der Waals surface area (Å²) < 4.78 is 28.6. The Morgan fingerprint density at radius 2 is 1.69 bits per heavy atom. The minimum Gasteiger partial charge on any atom is -0.494 e. The topological polar surface area (TPSA) is 91.6 Å². The number of allylic oxidation sites excluding steroid dienone is 2. The third kappa shape index (κ3) is 1.47. The Balaban J connectivity index is 1.70. The van der Waals surface area contributed by atoms with E-state index in [4.69, 9.17) is 0 Å². The first-order valence-corrected chi connectivity index (χ1v) is 9.89. The summed E-state index contributed by atoms with van der Waals surface area (Å²) in [6, 6.07) is 8.43. The van der Waals surface area contributed by atoms with E-state index < -0.39 is 10.0 Å². The molecule has 130 valence electrons. The SMILES string of the molecule is O=S1(=O)Nc2ccc(-n3c(O)c4c(c3O)C3C=CC4C3)c3cccc1c23. The lowest BCUT2D eigenvalue weighted by Crippen LogP contribution is -2.05. The second-order valence-corrected chi connectivity index (χ2v) is 8.71. The van der Waals surface area contributed by atoms with Crippen LogP contribution in [-0.4, -0.2) is 23.2 Å². The van der Waals surface area contributed by atoms with Gasteiger partial charge in [-0.3, -0.25) is 9.29 Å². The van der Waals surface area contributed by atoms with Crippen molar-refractivity contribution in [2.24, 2.45) is 0 Å². The number of aromatic hydroxyl groups is 2. The number of nitrogens with zero attached hydrogens (tertiary/aromatic N) is 1. The van der Waals surface area contributed by atoms with Crippen molar-refractivity contribution in [1.82, 2.24) is 4.57 Å². The van der Waals surface area contributed by atoms with Crippen molar-refractivity contribution in [2.45, 2.75) is 23.2 Å². The average molecular weight is 366 g/mol. The summed E-state index contributed by atoms with van der Waals surface area (Å²) in [5.41, 5.74) is 2.64. The van der Waals surface area contributed by atoms with Gasteiger partial charge in [0.05, 0.1) is 16.3 Å². The first-order chi connectivity index (χ1) is 12.5. The van der Waals surface area contributed by atoms with Gasteiger partial charge in [0, 0.05) is 33.7 Å². The highest BCUT2D eigenvalue weighted by atomic mass is 32.2. The van der Waals surface area contributed by atoms with Crippen LogP contribution in [0.2, 0.25) is 0 Å². The maximum absolute atomic E-state index is 12.3. The minimum absolute atomic E-state index is 0.0314. The van der Waals surface area contributed by atoms with Crippen LogP contribution in [0.25, 0.3) is 16.5 Å². The molecule has 0 spiro atoms. The fourth-order valence-corrected chi connectivity index (χ4v) is 6.05. The van der Waals surface area contributed by atoms with Crippen molar-refractivity contribution in [1.29, 1.82) is 0 Å². The molecule has 0 saturated heterocycles. The molecule has 3 N–H and O–H groups in total. The zero-order valence-electron chi connectivity index (χ0n) is 13.5. The van der Waals surface area contributed by atoms with Crippen LogP contribution in [-0.2, 0) is 10.0 Å². The molecule has 2 atom stereocenters. The summed E-state index contributed by atoms with van der Waals surface area (Å²) in [7, 11) is -3.58. The van der Waals surface area contributed by atoms with Crippen LogP contribution < -0.4 is 4.72 Å². The normalized spacial score (nSPS) is 23.5. The maximum atomic E-state index is 12.3. The van der Waals surface area contributed by atoms with E-state index in [2.05, 4.69) is 16.9 Å². The summed E-state index contributed by atoms with van der Waals surface area (Å²) in [5, 5.41) is 23.0. The number of nitrogens with one attached hydrogen (secondary N) is 1. The summed E-state index contributed by atoms with van der Waals surface area (Å²) in [4.78, 5) is 0.215. The lowest BCUT2D eigenvalue weighted by Gasteiger charge is -2.13. The molecule has 3 aromatic rings. The van der Waals surface area contributed by atoms with Gasteiger partial charge in [-0.2, -0.15) is 0 Å². The van der Waals surface area contributed by atoms with Gasteiger partial charge in [-0.15, -0.1) is 0 Å². The van der Waals surface area contributed by atoms with Crippen LogP contribution in [0.5, 0.6) is 11.8 Å². The Labute approximate surface area is 149 Å². The molecular formula is C19H14N2O4S. The fraction of sp³-hybridized carbons (Fsp3) is 0.158. The molecule has 26 heavy (non-hydrogen) atoms.